The van der Waals surface area contributed by atoms with Gasteiger partial charge in [-0.3, -0.25) is 4.79 Å². The second-order valence-corrected chi connectivity index (χ2v) is 5.99. The molecule has 1 heterocycles. The Balaban J connectivity index is 1.77. The molecule has 21 heavy (non-hydrogen) atoms. The van der Waals surface area contributed by atoms with Crippen LogP contribution in [0.15, 0.2) is 24.3 Å². The lowest BCUT2D eigenvalue weighted by Crippen LogP contribution is -2.45. The van der Waals surface area contributed by atoms with E-state index in [9.17, 15) is 4.79 Å². The van der Waals surface area contributed by atoms with Crippen LogP contribution in [0.2, 0.25) is 0 Å². The molecular formula is C17H26N2O2. The SMILES string of the molecule is COc1cccc(CNC2CCN(C(=O)C(C)C)CC2)c1. The van der Waals surface area contributed by atoms with Gasteiger partial charge in [0.05, 0.1) is 7.11 Å². The third-order valence-electron chi connectivity index (χ3n) is 4.03. The maximum absolute atomic E-state index is 11.9. The van der Waals surface area contributed by atoms with Gasteiger partial charge >= 0.3 is 0 Å². The summed E-state index contributed by atoms with van der Waals surface area (Å²) in [6, 6.07) is 8.63. The first-order valence-electron chi connectivity index (χ1n) is 7.75. The van der Waals surface area contributed by atoms with Crippen LogP contribution < -0.4 is 10.1 Å². The predicted molar refractivity (Wildman–Crippen MR) is 84.3 cm³/mol. The Morgan fingerprint density at radius 3 is 2.71 bits per heavy atom. The molecule has 2 rings (SSSR count). The smallest absolute Gasteiger partial charge is 0.225 e. The quantitative estimate of drug-likeness (QED) is 0.905. The van der Waals surface area contributed by atoms with Crippen molar-refractivity contribution in [1.82, 2.24) is 10.2 Å². The summed E-state index contributed by atoms with van der Waals surface area (Å²) in [7, 11) is 1.69. The number of benzene rings is 1. The number of nitrogens with one attached hydrogen (secondary N) is 1. The van der Waals surface area contributed by atoms with E-state index in [1.807, 2.05) is 30.9 Å². The van der Waals surface area contributed by atoms with Gasteiger partial charge in [-0.25, -0.2) is 0 Å². The van der Waals surface area contributed by atoms with E-state index in [0.717, 1.165) is 38.2 Å². The van der Waals surface area contributed by atoms with Crippen molar-refractivity contribution in [2.75, 3.05) is 20.2 Å². The Hall–Kier alpha value is -1.55. The first-order valence-corrected chi connectivity index (χ1v) is 7.75. The zero-order valence-electron chi connectivity index (χ0n) is 13.3. The van der Waals surface area contributed by atoms with Crippen LogP contribution in [0.4, 0.5) is 0 Å². The fourth-order valence-corrected chi connectivity index (χ4v) is 2.71. The molecule has 0 unspecified atom stereocenters. The van der Waals surface area contributed by atoms with Gasteiger partial charge in [-0.15, -0.1) is 0 Å². The van der Waals surface area contributed by atoms with Crippen LogP contribution in [0.5, 0.6) is 5.75 Å². The minimum absolute atomic E-state index is 0.103. The number of carbonyl (C=O) groups is 1. The van der Waals surface area contributed by atoms with Gasteiger partial charge < -0.3 is 15.0 Å². The highest BCUT2D eigenvalue weighted by atomic mass is 16.5. The van der Waals surface area contributed by atoms with Crippen LogP contribution in [-0.2, 0) is 11.3 Å². The molecule has 1 aliphatic rings. The largest absolute Gasteiger partial charge is 0.497 e. The second-order valence-electron chi connectivity index (χ2n) is 5.99. The van der Waals surface area contributed by atoms with E-state index in [1.54, 1.807) is 7.11 Å². The molecule has 0 bridgehead atoms. The minimum Gasteiger partial charge on any atom is -0.497 e. The highest BCUT2D eigenvalue weighted by Crippen LogP contribution is 2.15. The molecule has 0 spiro atoms. The van der Waals surface area contributed by atoms with Crippen LogP contribution in [-0.4, -0.2) is 37.0 Å². The molecule has 1 N–H and O–H groups in total. The maximum atomic E-state index is 11.9. The van der Waals surface area contributed by atoms with Crippen molar-refractivity contribution in [3.63, 3.8) is 0 Å². The van der Waals surface area contributed by atoms with Gasteiger partial charge in [-0.05, 0) is 30.5 Å². The summed E-state index contributed by atoms with van der Waals surface area (Å²) >= 11 is 0. The molecule has 0 radical (unpaired) electrons. The van der Waals surface area contributed by atoms with Crippen LogP contribution in [0.1, 0.15) is 32.3 Å². The Morgan fingerprint density at radius 1 is 1.38 bits per heavy atom. The highest BCUT2D eigenvalue weighted by Gasteiger charge is 2.23. The summed E-state index contributed by atoms with van der Waals surface area (Å²) in [4.78, 5) is 13.9. The zero-order valence-corrected chi connectivity index (χ0v) is 13.3. The van der Waals surface area contributed by atoms with Crippen LogP contribution >= 0.6 is 0 Å². The summed E-state index contributed by atoms with van der Waals surface area (Å²) in [5, 5.41) is 3.58. The molecule has 1 aromatic carbocycles. The molecule has 1 aromatic rings. The number of rotatable bonds is 5. The highest BCUT2D eigenvalue weighted by molar-refractivity contribution is 5.78. The van der Waals surface area contributed by atoms with Gasteiger partial charge in [0, 0.05) is 31.6 Å². The molecule has 116 valence electrons. The van der Waals surface area contributed by atoms with Crippen LogP contribution in [0, 0.1) is 5.92 Å². The molecule has 0 saturated carbocycles. The van der Waals surface area contributed by atoms with Crippen molar-refractivity contribution in [2.45, 2.75) is 39.3 Å². The second kappa shape index (κ2) is 7.46. The predicted octanol–water partition coefficient (Wildman–Crippen LogP) is 2.43. The lowest BCUT2D eigenvalue weighted by Gasteiger charge is -2.33. The first-order chi connectivity index (χ1) is 10.1. The van der Waals surface area contributed by atoms with Crippen LogP contribution in [0.3, 0.4) is 0 Å². The molecule has 0 atom stereocenters. The van der Waals surface area contributed by atoms with Crippen molar-refractivity contribution in [1.29, 1.82) is 0 Å². The van der Waals surface area contributed by atoms with E-state index in [0.29, 0.717) is 6.04 Å². The number of carbonyl (C=O) groups excluding carboxylic acids is 1. The third kappa shape index (κ3) is 4.46. The van der Waals surface area contributed by atoms with Crippen LogP contribution in [0.25, 0.3) is 0 Å². The average molecular weight is 290 g/mol. The van der Waals surface area contributed by atoms with E-state index in [-0.39, 0.29) is 11.8 Å². The average Bonchev–Trinajstić information content (AvgIpc) is 2.53. The summed E-state index contributed by atoms with van der Waals surface area (Å²) in [6.45, 7) is 6.52. The first kappa shape index (κ1) is 15.8. The zero-order chi connectivity index (χ0) is 15.2. The van der Waals surface area contributed by atoms with Gasteiger partial charge in [0.25, 0.3) is 0 Å². The van der Waals surface area contributed by atoms with E-state index < -0.39 is 0 Å². The molecule has 1 amide bonds. The number of ether oxygens (including phenoxy) is 1. The van der Waals surface area contributed by atoms with Crippen molar-refractivity contribution in [3.8, 4) is 5.75 Å². The number of methoxy groups -OCH3 is 1. The lowest BCUT2D eigenvalue weighted by molar-refractivity contribution is -0.135. The molecular weight excluding hydrogens is 264 g/mol. The number of hydrogen-bond acceptors (Lipinski definition) is 3. The monoisotopic (exact) mass is 290 g/mol. The number of nitrogens with zero attached hydrogens (tertiary/aromatic N) is 1. The lowest BCUT2D eigenvalue weighted by atomic mass is 10.0. The molecule has 0 aromatic heterocycles. The Labute approximate surface area is 127 Å². The molecule has 1 saturated heterocycles. The summed E-state index contributed by atoms with van der Waals surface area (Å²) in [6.07, 6.45) is 2.06. The van der Waals surface area contributed by atoms with Crippen molar-refractivity contribution in [2.24, 2.45) is 5.92 Å². The molecule has 4 heteroatoms. The van der Waals surface area contributed by atoms with Gasteiger partial charge in [0.2, 0.25) is 5.91 Å². The van der Waals surface area contributed by atoms with E-state index in [4.69, 9.17) is 4.74 Å². The van der Waals surface area contributed by atoms with Gasteiger partial charge in [0.1, 0.15) is 5.75 Å². The molecule has 1 aliphatic heterocycles. The van der Waals surface area contributed by atoms with Crippen molar-refractivity contribution >= 4 is 5.91 Å². The number of hydrogen-bond donors (Lipinski definition) is 1. The fraction of sp³-hybridized carbons (Fsp3) is 0.588. The van der Waals surface area contributed by atoms with E-state index in [2.05, 4.69) is 17.4 Å². The Bertz CT molecular complexity index is 466. The third-order valence-corrected chi connectivity index (χ3v) is 4.03. The topological polar surface area (TPSA) is 41.6 Å². The van der Waals surface area contributed by atoms with Crippen molar-refractivity contribution in [3.05, 3.63) is 29.8 Å². The fourth-order valence-electron chi connectivity index (χ4n) is 2.71. The number of piperidine rings is 1. The van der Waals surface area contributed by atoms with Gasteiger partial charge in [-0.1, -0.05) is 26.0 Å². The van der Waals surface area contributed by atoms with E-state index >= 15 is 0 Å². The van der Waals surface area contributed by atoms with E-state index in [1.165, 1.54) is 5.56 Å². The molecule has 4 nitrogen and oxygen atoms in total. The number of likely N-dealkylation sites (tertiary alicyclic amines) is 1. The maximum Gasteiger partial charge on any atom is 0.225 e. The summed E-state index contributed by atoms with van der Waals surface area (Å²) in [5.74, 6) is 1.28. The van der Waals surface area contributed by atoms with Gasteiger partial charge in [-0.2, -0.15) is 0 Å². The summed E-state index contributed by atoms with van der Waals surface area (Å²) < 4.78 is 5.24. The minimum atomic E-state index is 0.103. The molecule has 1 fully saturated rings. The van der Waals surface area contributed by atoms with Crippen molar-refractivity contribution < 1.29 is 9.53 Å². The van der Waals surface area contributed by atoms with Gasteiger partial charge in [0.15, 0.2) is 0 Å². The Morgan fingerprint density at radius 2 is 2.10 bits per heavy atom. The standard InChI is InChI=1S/C17H26N2O2/c1-13(2)17(20)19-9-7-15(8-10-19)18-12-14-5-4-6-16(11-14)21-3/h4-6,11,13,15,18H,7-10,12H2,1-3H3. The normalized spacial score (nSPS) is 16.3. The molecule has 0 aliphatic carbocycles. The summed E-state index contributed by atoms with van der Waals surface area (Å²) in [5.41, 5.74) is 1.23. The Kier molecular flexibility index (Phi) is 5.62. The number of amides is 1.